The molecule has 4 aromatic rings. The molecule has 0 spiro atoms. The molecule has 1 amide bonds. The Labute approximate surface area is 205 Å². The molecule has 0 bridgehead atoms. The molecule has 2 aromatic heterocycles. The summed E-state index contributed by atoms with van der Waals surface area (Å²) in [7, 11) is 0. The number of hydrogen-bond donors (Lipinski definition) is 1. The van der Waals surface area contributed by atoms with Crippen LogP contribution in [0.15, 0.2) is 65.6 Å². The molecule has 1 aliphatic heterocycles. The molecule has 7 heteroatoms. The zero-order valence-electron chi connectivity index (χ0n) is 20.3. The van der Waals surface area contributed by atoms with Gasteiger partial charge in [-0.05, 0) is 44.4 Å². The minimum absolute atomic E-state index is 0.0816. The lowest BCUT2D eigenvalue weighted by Gasteiger charge is -2.33. The van der Waals surface area contributed by atoms with Crippen molar-refractivity contribution in [2.45, 2.75) is 51.7 Å². The predicted octanol–water partition coefficient (Wildman–Crippen LogP) is 3.78. The number of amides is 1. The highest BCUT2D eigenvalue weighted by molar-refractivity contribution is 6.07. The molecule has 1 aliphatic rings. The van der Waals surface area contributed by atoms with Gasteiger partial charge >= 0.3 is 0 Å². The summed E-state index contributed by atoms with van der Waals surface area (Å²) in [6.07, 6.45) is 6.44. The van der Waals surface area contributed by atoms with Crippen LogP contribution in [0.5, 0.6) is 0 Å². The standard InChI is InChI=1S/C28H33N5O2/c1-21-10-7-8-16-31(21)17-9-15-29-26(34)20-33-28(35)27-24(18-30-33)23-13-5-6-14-25(23)32(27)19-22-11-3-2-4-12-22/h2-6,11-14,18,21H,7-10,15-17,19-20H2,1H3,(H,29,34)/t21-/m1/s1. The first kappa shape index (κ1) is 23.3. The maximum atomic E-state index is 13.5. The van der Waals surface area contributed by atoms with E-state index < -0.39 is 0 Å². The Hall–Kier alpha value is -3.45. The number of nitrogens with zero attached hydrogens (tertiary/aromatic N) is 4. The molecular weight excluding hydrogens is 438 g/mol. The van der Waals surface area contributed by atoms with Crippen molar-refractivity contribution in [3.05, 3.63) is 76.7 Å². The van der Waals surface area contributed by atoms with Crippen molar-refractivity contribution >= 4 is 27.7 Å². The molecule has 1 saturated heterocycles. The molecule has 0 unspecified atom stereocenters. The second-order valence-corrected chi connectivity index (χ2v) is 9.54. The number of fused-ring (bicyclic) bond motifs is 3. The van der Waals surface area contributed by atoms with E-state index in [4.69, 9.17) is 0 Å². The monoisotopic (exact) mass is 471 g/mol. The number of aromatic nitrogens is 3. The lowest BCUT2D eigenvalue weighted by atomic mass is 10.0. The van der Waals surface area contributed by atoms with E-state index >= 15 is 0 Å². The van der Waals surface area contributed by atoms with Crippen LogP contribution in [0.1, 0.15) is 38.2 Å². The molecule has 3 heterocycles. The molecule has 35 heavy (non-hydrogen) atoms. The first-order chi connectivity index (χ1) is 17.1. The van der Waals surface area contributed by atoms with Crippen molar-refractivity contribution in [2.24, 2.45) is 0 Å². The van der Waals surface area contributed by atoms with E-state index in [0.717, 1.165) is 41.4 Å². The minimum Gasteiger partial charge on any atom is -0.354 e. The number of nitrogens with one attached hydrogen (secondary N) is 1. The molecule has 1 fully saturated rings. The maximum Gasteiger partial charge on any atom is 0.291 e. The summed E-state index contributed by atoms with van der Waals surface area (Å²) in [4.78, 5) is 28.6. The van der Waals surface area contributed by atoms with Crippen LogP contribution in [-0.4, -0.2) is 50.8 Å². The van der Waals surface area contributed by atoms with Gasteiger partial charge in [0.1, 0.15) is 12.1 Å². The van der Waals surface area contributed by atoms with Gasteiger partial charge in [-0.2, -0.15) is 5.10 Å². The lowest BCUT2D eigenvalue weighted by molar-refractivity contribution is -0.121. The van der Waals surface area contributed by atoms with Crippen LogP contribution in [0.4, 0.5) is 0 Å². The smallest absolute Gasteiger partial charge is 0.291 e. The summed E-state index contributed by atoms with van der Waals surface area (Å²) in [5.41, 5.74) is 2.43. The predicted molar refractivity (Wildman–Crippen MR) is 140 cm³/mol. The number of hydrogen-bond acceptors (Lipinski definition) is 4. The molecule has 0 saturated carbocycles. The normalized spacial score (nSPS) is 16.7. The van der Waals surface area contributed by atoms with Crippen LogP contribution in [-0.2, 0) is 17.9 Å². The Balaban J connectivity index is 1.33. The van der Waals surface area contributed by atoms with E-state index in [0.29, 0.717) is 24.6 Å². The van der Waals surface area contributed by atoms with Crippen molar-refractivity contribution in [3.63, 3.8) is 0 Å². The highest BCUT2D eigenvalue weighted by Crippen LogP contribution is 2.27. The average molecular weight is 472 g/mol. The van der Waals surface area contributed by atoms with Crippen molar-refractivity contribution in [2.75, 3.05) is 19.6 Å². The third kappa shape index (κ3) is 5.00. The second-order valence-electron chi connectivity index (χ2n) is 9.54. The van der Waals surface area contributed by atoms with E-state index in [1.165, 1.54) is 23.9 Å². The highest BCUT2D eigenvalue weighted by atomic mass is 16.2. The van der Waals surface area contributed by atoms with Crippen LogP contribution in [0, 0.1) is 0 Å². The van der Waals surface area contributed by atoms with Crippen molar-refractivity contribution in [1.82, 2.24) is 24.6 Å². The third-order valence-electron chi connectivity index (χ3n) is 7.14. The van der Waals surface area contributed by atoms with Gasteiger partial charge in [0.05, 0.1) is 6.20 Å². The van der Waals surface area contributed by atoms with E-state index in [-0.39, 0.29) is 18.0 Å². The molecule has 182 valence electrons. The molecule has 0 radical (unpaired) electrons. The van der Waals surface area contributed by atoms with Crippen LogP contribution in [0.2, 0.25) is 0 Å². The minimum atomic E-state index is -0.244. The zero-order chi connectivity index (χ0) is 24.2. The SMILES string of the molecule is C[C@@H]1CCCCN1CCCNC(=O)Cn1ncc2c3ccccc3n(Cc3ccccc3)c2c1=O. The third-order valence-corrected chi connectivity index (χ3v) is 7.14. The van der Waals surface area contributed by atoms with Crippen molar-refractivity contribution in [3.8, 4) is 0 Å². The zero-order valence-corrected chi connectivity index (χ0v) is 20.3. The van der Waals surface area contributed by atoms with Gasteiger partial charge in [0.15, 0.2) is 0 Å². The van der Waals surface area contributed by atoms with Gasteiger partial charge in [-0.3, -0.25) is 9.59 Å². The summed E-state index contributed by atoms with van der Waals surface area (Å²) in [5, 5.41) is 9.13. The van der Waals surface area contributed by atoms with Gasteiger partial charge in [0, 0.05) is 42.0 Å². The number of likely N-dealkylation sites (tertiary alicyclic amines) is 1. The highest BCUT2D eigenvalue weighted by Gasteiger charge is 2.19. The Kier molecular flexibility index (Phi) is 6.95. The van der Waals surface area contributed by atoms with E-state index in [2.05, 4.69) is 34.4 Å². The van der Waals surface area contributed by atoms with Crippen LogP contribution in [0.25, 0.3) is 21.8 Å². The fourth-order valence-electron chi connectivity index (χ4n) is 5.23. The van der Waals surface area contributed by atoms with Gasteiger partial charge in [0.2, 0.25) is 5.91 Å². The Morgan fingerprint density at radius 1 is 1.06 bits per heavy atom. The van der Waals surface area contributed by atoms with Crippen molar-refractivity contribution < 1.29 is 4.79 Å². The van der Waals surface area contributed by atoms with Gasteiger partial charge < -0.3 is 14.8 Å². The van der Waals surface area contributed by atoms with Gasteiger partial charge in [-0.1, -0.05) is 55.0 Å². The molecule has 5 rings (SSSR count). The number of para-hydroxylation sites is 1. The summed E-state index contributed by atoms with van der Waals surface area (Å²) < 4.78 is 3.32. The van der Waals surface area contributed by atoms with Crippen LogP contribution < -0.4 is 10.9 Å². The second kappa shape index (κ2) is 10.4. The van der Waals surface area contributed by atoms with Crippen LogP contribution >= 0.6 is 0 Å². The van der Waals surface area contributed by atoms with Gasteiger partial charge in [0.25, 0.3) is 5.56 Å². The van der Waals surface area contributed by atoms with Crippen LogP contribution in [0.3, 0.4) is 0 Å². The summed E-state index contributed by atoms with van der Waals surface area (Å²) in [6, 6.07) is 18.7. The molecular formula is C28H33N5O2. The Bertz CT molecular complexity index is 1370. The van der Waals surface area contributed by atoms with Crippen molar-refractivity contribution in [1.29, 1.82) is 0 Å². The van der Waals surface area contributed by atoms with Gasteiger partial charge in [-0.15, -0.1) is 0 Å². The topological polar surface area (TPSA) is 72.2 Å². The summed E-state index contributed by atoms with van der Waals surface area (Å²) in [5.74, 6) is -0.184. The molecule has 2 aromatic carbocycles. The summed E-state index contributed by atoms with van der Waals surface area (Å²) >= 11 is 0. The molecule has 7 nitrogen and oxygen atoms in total. The maximum absolute atomic E-state index is 13.5. The fraction of sp³-hybridized carbons (Fsp3) is 0.393. The first-order valence-electron chi connectivity index (χ1n) is 12.6. The average Bonchev–Trinajstić information content (AvgIpc) is 3.19. The Morgan fingerprint density at radius 2 is 1.86 bits per heavy atom. The van der Waals surface area contributed by atoms with Gasteiger partial charge in [-0.25, -0.2) is 4.68 Å². The number of carbonyl (C=O) groups is 1. The largest absolute Gasteiger partial charge is 0.354 e. The number of benzene rings is 2. The number of rotatable bonds is 8. The van der Waals surface area contributed by atoms with E-state index in [1.807, 2.05) is 47.0 Å². The van der Waals surface area contributed by atoms with E-state index in [1.54, 1.807) is 6.20 Å². The molecule has 1 atom stereocenters. The molecule has 0 aliphatic carbocycles. The first-order valence-corrected chi connectivity index (χ1v) is 12.6. The quantitative estimate of drug-likeness (QED) is 0.397. The summed E-state index contributed by atoms with van der Waals surface area (Å²) in [6.45, 7) is 5.51. The number of carbonyl (C=O) groups excluding carboxylic acids is 1. The Morgan fingerprint density at radius 3 is 2.69 bits per heavy atom. The fourth-order valence-corrected chi connectivity index (χ4v) is 5.23. The number of piperidine rings is 1. The van der Waals surface area contributed by atoms with E-state index in [9.17, 15) is 9.59 Å². The lowest BCUT2D eigenvalue weighted by Crippen LogP contribution is -2.40. The molecule has 1 N–H and O–H groups in total.